The molecule has 0 amide bonds. The van der Waals surface area contributed by atoms with Crippen LogP contribution >= 0.6 is 11.3 Å². The van der Waals surface area contributed by atoms with Crippen LogP contribution in [0, 0.1) is 0 Å². The van der Waals surface area contributed by atoms with Crippen molar-refractivity contribution in [2.45, 2.75) is 25.2 Å². The summed E-state index contributed by atoms with van der Waals surface area (Å²) >= 11 is 1.71. The van der Waals surface area contributed by atoms with Crippen LogP contribution in [0.5, 0.6) is 0 Å². The Bertz CT molecular complexity index is 433. The first-order valence-corrected chi connectivity index (χ1v) is 6.82. The molecule has 0 spiro atoms. The van der Waals surface area contributed by atoms with Gasteiger partial charge in [-0.05, 0) is 12.0 Å². The second kappa shape index (κ2) is 5.43. The Morgan fingerprint density at radius 3 is 2.59 bits per heavy atom. The summed E-state index contributed by atoms with van der Waals surface area (Å²) in [5.74, 6) is 0. The zero-order chi connectivity index (χ0) is 12.1. The molecular formula is C14H18N2S. The predicted octanol–water partition coefficient (Wildman–Crippen LogP) is 2.99. The van der Waals surface area contributed by atoms with Gasteiger partial charge in [0.2, 0.25) is 0 Å². The third-order valence-electron chi connectivity index (χ3n) is 3.43. The first-order valence-electron chi connectivity index (χ1n) is 5.95. The van der Waals surface area contributed by atoms with Crippen molar-refractivity contribution >= 4 is 11.3 Å². The smallest absolute Gasteiger partial charge is 0.0934 e. The molecule has 1 aromatic heterocycles. The molecule has 1 heterocycles. The standard InChI is InChI=1S/C14H18N2S/c1-2-14(11-15,10-13-16-8-9-17-13)12-6-4-3-5-7-12/h3-9H,2,10-11,15H2,1H3. The Morgan fingerprint density at radius 1 is 1.29 bits per heavy atom. The Labute approximate surface area is 107 Å². The van der Waals surface area contributed by atoms with Gasteiger partial charge in [-0.15, -0.1) is 11.3 Å². The molecule has 0 aliphatic carbocycles. The summed E-state index contributed by atoms with van der Waals surface area (Å²) in [6.45, 7) is 2.86. The van der Waals surface area contributed by atoms with E-state index in [1.54, 1.807) is 11.3 Å². The van der Waals surface area contributed by atoms with Gasteiger partial charge in [0.1, 0.15) is 0 Å². The van der Waals surface area contributed by atoms with Gasteiger partial charge >= 0.3 is 0 Å². The molecule has 2 aromatic rings. The average Bonchev–Trinajstić information content (AvgIpc) is 2.90. The van der Waals surface area contributed by atoms with Gasteiger partial charge in [-0.2, -0.15) is 0 Å². The van der Waals surface area contributed by atoms with Crippen molar-refractivity contribution in [3.05, 3.63) is 52.5 Å². The zero-order valence-corrected chi connectivity index (χ0v) is 10.9. The molecular weight excluding hydrogens is 228 g/mol. The molecule has 1 aromatic carbocycles. The molecule has 0 fully saturated rings. The van der Waals surface area contributed by atoms with Crippen molar-refractivity contribution in [2.75, 3.05) is 6.54 Å². The highest BCUT2D eigenvalue weighted by atomic mass is 32.1. The number of thiazole rings is 1. The van der Waals surface area contributed by atoms with Gasteiger partial charge in [0, 0.05) is 30.0 Å². The van der Waals surface area contributed by atoms with Crippen LogP contribution in [0.2, 0.25) is 0 Å². The Balaban J connectivity index is 2.32. The molecule has 1 unspecified atom stereocenters. The van der Waals surface area contributed by atoms with Gasteiger partial charge < -0.3 is 5.73 Å². The van der Waals surface area contributed by atoms with E-state index >= 15 is 0 Å². The lowest BCUT2D eigenvalue weighted by molar-refractivity contribution is 0.417. The predicted molar refractivity (Wildman–Crippen MR) is 73.3 cm³/mol. The number of benzene rings is 1. The SMILES string of the molecule is CCC(CN)(Cc1nccs1)c1ccccc1. The van der Waals surface area contributed by atoms with Crippen LogP contribution in [0.25, 0.3) is 0 Å². The van der Waals surface area contributed by atoms with Gasteiger partial charge in [0.05, 0.1) is 5.01 Å². The minimum absolute atomic E-state index is 0.0269. The molecule has 2 nitrogen and oxygen atoms in total. The average molecular weight is 246 g/mol. The largest absolute Gasteiger partial charge is 0.330 e. The topological polar surface area (TPSA) is 38.9 Å². The highest BCUT2D eigenvalue weighted by molar-refractivity contribution is 7.09. The minimum atomic E-state index is 0.0269. The number of rotatable bonds is 5. The van der Waals surface area contributed by atoms with Gasteiger partial charge in [-0.25, -0.2) is 4.98 Å². The summed E-state index contributed by atoms with van der Waals surface area (Å²) < 4.78 is 0. The third-order valence-corrected chi connectivity index (χ3v) is 4.21. The van der Waals surface area contributed by atoms with Crippen LogP contribution in [-0.2, 0) is 11.8 Å². The molecule has 2 N–H and O–H groups in total. The van der Waals surface area contributed by atoms with Crippen molar-refractivity contribution in [1.29, 1.82) is 0 Å². The van der Waals surface area contributed by atoms with E-state index in [4.69, 9.17) is 5.73 Å². The van der Waals surface area contributed by atoms with Crippen LogP contribution in [-0.4, -0.2) is 11.5 Å². The van der Waals surface area contributed by atoms with Crippen LogP contribution < -0.4 is 5.73 Å². The van der Waals surface area contributed by atoms with Crippen LogP contribution in [0.3, 0.4) is 0 Å². The summed E-state index contributed by atoms with van der Waals surface area (Å²) in [6.07, 6.45) is 3.83. The molecule has 3 heteroatoms. The molecule has 0 saturated carbocycles. The highest BCUT2D eigenvalue weighted by Gasteiger charge is 2.29. The molecule has 1 atom stereocenters. The van der Waals surface area contributed by atoms with Crippen LogP contribution in [0.1, 0.15) is 23.9 Å². The first-order chi connectivity index (χ1) is 8.30. The maximum absolute atomic E-state index is 6.04. The molecule has 0 radical (unpaired) electrons. The zero-order valence-electron chi connectivity index (χ0n) is 10.1. The fourth-order valence-electron chi connectivity index (χ4n) is 2.19. The number of hydrogen-bond donors (Lipinski definition) is 1. The van der Waals surface area contributed by atoms with Gasteiger partial charge in [-0.1, -0.05) is 37.3 Å². The first kappa shape index (κ1) is 12.3. The van der Waals surface area contributed by atoms with Crippen molar-refractivity contribution in [3.8, 4) is 0 Å². The summed E-state index contributed by atoms with van der Waals surface area (Å²) in [4.78, 5) is 4.39. The van der Waals surface area contributed by atoms with E-state index in [2.05, 4.69) is 36.2 Å². The van der Waals surface area contributed by atoms with E-state index in [1.807, 2.05) is 17.6 Å². The second-order valence-electron chi connectivity index (χ2n) is 4.31. The monoisotopic (exact) mass is 246 g/mol. The number of nitrogens with zero attached hydrogens (tertiary/aromatic N) is 1. The lowest BCUT2D eigenvalue weighted by Crippen LogP contribution is -2.36. The second-order valence-corrected chi connectivity index (χ2v) is 5.29. The summed E-state index contributed by atoms with van der Waals surface area (Å²) in [5, 5.41) is 3.19. The van der Waals surface area contributed by atoms with Gasteiger partial charge in [0.25, 0.3) is 0 Å². The van der Waals surface area contributed by atoms with E-state index < -0.39 is 0 Å². The third kappa shape index (κ3) is 2.56. The van der Waals surface area contributed by atoms with E-state index in [0.717, 1.165) is 12.8 Å². The maximum atomic E-state index is 6.04. The maximum Gasteiger partial charge on any atom is 0.0934 e. The minimum Gasteiger partial charge on any atom is -0.330 e. The molecule has 2 rings (SSSR count). The Kier molecular flexibility index (Phi) is 3.92. The fraction of sp³-hybridized carbons (Fsp3) is 0.357. The lowest BCUT2D eigenvalue weighted by Gasteiger charge is -2.31. The van der Waals surface area contributed by atoms with Crippen molar-refractivity contribution < 1.29 is 0 Å². The van der Waals surface area contributed by atoms with Gasteiger partial charge in [-0.3, -0.25) is 0 Å². The number of hydrogen-bond acceptors (Lipinski definition) is 3. The number of aromatic nitrogens is 1. The summed E-state index contributed by atoms with van der Waals surface area (Å²) in [5.41, 5.74) is 7.39. The molecule has 0 aliphatic rings. The summed E-state index contributed by atoms with van der Waals surface area (Å²) in [7, 11) is 0. The highest BCUT2D eigenvalue weighted by Crippen LogP contribution is 2.31. The van der Waals surface area contributed by atoms with Gasteiger partial charge in [0.15, 0.2) is 0 Å². The molecule has 0 aliphatic heterocycles. The lowest BCUT2D eigenvalue weighted by atomic mass is 9.75. The van der Waals surface area contributed by atoms with E-state index in [0.29, 0.717) is 6.54 Å². The van der Waals surface area contributed by atoms with Crippen molar-refractivity contribution in [1.82, 2.24) is 4.98 Å². The molecule has 0 bridgehead atoms. The van der Waals surface area contributed by atoms with E-state index in [-0.39, 0.29) is 5.41 Å². The normalized spacial score (nSPS) is 14.5. The van der Waals surface area contributed by atoms with E-state index in [9.17, 15) is 0 Å². The molecule has 17 heavy (non-hydrogen) atoms. The Hall–Kier alpha value is -1.19. The summed E-state index contributed by atoms with van der Waals surface area (Å²) in [6, 6.07) is 10.5. The number of nitrogens with two attached hydrogens (primary N) is 1. The van der Waals surface area contributed by atoms with E-state index in [1.165, 1.54) is 10.6 Å². The van der Waals surface area contributed by atoms with Crippen LogP contribution in [0.4, 0.5) is 0 Å². The Morgan fingerprint density at radius 2 is 2.06 bits per heavy atom. The quantitative estimate of drug-likeness (QED) is 0.881. The van der Waals surface area contributed by atoms with Crippen molar-refractivity contribution in [2.24, 2.45) is 5.73 Å². The van der Waals surface area contributed by atoms with Crippen LogP contribution in [0.15, 0.2) is 41.9 Å². The fourth-order valence-corrected chi connectivity index (χ4v) is 2.95. The van der Waals surface area contributed by atoms with Crippen molar-refractivity contribution in [3.63, 3.8) is 0 Å². The molecule has 0 saturated heterocycles. The molecule has 90 valence electrons.